The Bertz CT molecular complexity index is 1140. The lowest BCUT2D eigenvalue weighted by Gasteiger charge is -2.31. The van der Waals surface area contributed by atoms with Gasteiger partial charge in [-0.1, -0.05) is 24.3 Å². The van der Waals surface area contributed by atoms with E-state index in [1.807, 2.05) is 30.3 Å². The van der Waals surface area contributed by atoms with Gasteiger partial charge in [-0.05, 0) is 49.7 Å². The van der Waals surface area contributed by atoms with Crippen LogP contribution in [0, 0.1) is 0 Å². The molecule has 0 aliphatic carbocycles. The molecule has 1 aliphatic heterocycles. The van der Waals surface area contributed by atoms with Gasteiger partial charge in [0.05, 0.1) is 17.2 Å². The molecule has 1 amide bonds. The SMILES string of the molecule is CN(CCOc1cccc(CNC(=O)Cn2cnc3ccccc3c2=O)c1)C1CCOCC1. The molecule has 0 saturated carbocycles. The van der Waals surface area contributed by atoms with Crippen LogP contribution in [0.15, 0.2) is 59.7 Å². The molecule has 4 rings (SSSR count). The van der Waals surface area contributed by atoms with E-state index in [2.05, 4.69) is 22.2 Å². The minimum absolute atomic E-state index is 0.0780. The van der Waals surface area contributed by atoms with E-state index in [9.17, 15) is 9.59 Å². The Morgan fingerprint density at radius 1 is 1.21 bits per heavy atom. The number of aromatic nitrogens is 2. The van der Waals surface area contributed by atoms with Crippen LogP contribution in [0.4, 0.5) is 0 Å². The summed E-state index contributed by atoms with van der Waals surface area (Å²) in [6.45, 7) is 3.38. The summed E-state index contributed by atoms with van der Waals surface area (Å²) in [5.74, 6) is 0.524. The third-order valence-electron chi connectivity index (χ3n) is 5.96. The highest BCUT2D eigenvalue weighted by Gasteiger charge is 2.18. The van der Waals surface area contributed by atoms with Gasteiger partial charge in [0, 0.05) is 32.3 Å². The van der Waals surface area contributed by atoms with E-state index in [1.54, 1.807) is 18.2 Å². The molecule has 1 aromatic heterocycles. The number of carbonyl (C=O) groups excluding carboxylic acids is 1. The van der Waals surface area contributed by atoms with E-state index in [-0.39, 0.29) is 18.0 Å². The summed E-state index contributed by atoms with van der Waals surface area (Å²) in [5, 5.41) is 3.37. The Labute approximate surface area is 193 Å². The number of amides is 1. The van der Waals surface area contributed by atoms with Crippen LogP contribution in [0.1, 0.15) is 18.4 Å². The summed E-state index contributed by atoms with van der Waals surface area (Å²) in [4.78, 5) is 31.5. The molecular weight excluding hydrogens is 420 g/mol. The molecule has 174 valence electrons. The van der Waals surface area contributed by atoms with Crippen molar-refractivity contribution in [2.75, 3.05) is 33.4 Å². The minimum Gasteiger partial charge on any atom is -0.492 e. The lowest BCUT2D eigenvalue weighted by atomic mass is 10.1. The van der Waals surface area contributed by atoms with Gasteiger partial charge in [-0.15, -0.1) is 0 Å². The van der Waals surface area contributed by atoms with Crippen LogP contribution in [0.2, 0.25) is 0 Å². The summed E-state index contributed by atoms with van der Waals surface area (Å²) < 4.78 is 12.7. The predicted molar refractivity (Wildman–Crippen MR) is 126 cm³/mol. The van der Waals surface area contributed by atoms with E-state index in [0.29, 0.717) is 30.1 Å². The Balaban J connectivity index is 1.26. The number of carbonyl (C=O) groups is 1. The third-order valence-corrected chi connectivity index (χ3v) is 5.96. The molecule has 33 heavy (non-hydrogen) atoms. The maximum Gasteiger partial charge on any atom is 0.261 e. The Morgan fingerprint density at radius 3 is 2.88 bits per heavy atom. The van der Waals surface area contributed by atoms with Gasteiger partial charge >= 0.3 is 0 Å². The Hall–Kier alpha value is -3.23. The molecule has 1 aliphatic rings. The molecule has 0 spiro atoms. The van der Waals surface area contributed by atoms with Crippen molar-refractivity contribution in [2.45, 2.75) is 32.0 Å². The summed E-state index contributed by atoms with van der Waals surface area (Å²) in [6.07, 6.45) is 3.54. The number of nitrogens with one attached hydrogen (secondary N) is 1. The van der Waals surface area contributed by atoms with Gasteiger partial charge in [0.1, 0.15) is 18.9 Å². The Kier molecular flexibility index (Phi) is 7.70. The molecule has 1 fully saturated rings. The number of nitrogens with zero attached hydrogens (tertiary/aromatic N) is 3. The number of ether oxygens (including phenoxy) is 2. The van der Waals surface area contributed by atoms with Crippen LogP contribution in [-0.2, 0) is 22.6 Å². The maximum atomic E-state index is 12.5. The molecule has 2 heterocycles. The van der Waals surface area contributed by atoms with E-state index in [1.165, 1.54) is 10.9 Å². The van der Waals surface area contributed by atoms with E-state index < -0.39 is 0 Å². The fourth-order valence-corrected chi connectivity index (χ4v) is 3.99. The second kappa shape index (κ2) is 11.1. The lowest BCUT2D eigenvalue weighted by molar-refractivity contribution is -0.121. The largest absolute Gasteiger partial charge is 0.492 e. The zero-order valence-electron chi connectivity index (χ0n) is 18.9. The van der Waals surface area contributed by atoms with Gasteiger partial charge in [-0.25, -0.2) is 4.98 Å². The van der Waals surface area contributed by atoms with Crippen LogP contribution in [0.3, 0.4) is 0 Å². The lowest BCUT2D eigenvalue weighted by Crippen LogP contribution is -2.38. The van der Waals surface area contributed by atoms with Crippen molar-refractivity contribution in [1.82, 2.24) is 19.8 Å². The van der Waals surface area contributed by atoms with Gasteiger partial charge < -0.3 is 14.8 Å². The fourth-order valence-electron chi connectivity index (χ4n) is 3.99. The molecule has 2 aromatic carbocycles. The maximum absolute atomic E-state index is 12.5. The number of fused-ring (bicyclic) bond motifs is 1. The van der Waals surface area contributed by atoms with Crippen LogP contribution in [0.5, 0.6) is 5.75 Å². The molecule has 0 unspecified atom stereocenters. The first-order valence-corrected chi connectivity index (χ1v) is 11.3. The Morgan fingerprint density at radius 2 is 2.03 bits per heavy atom. The molecular formula is C25H30N4O4. The van der Waals surface area contributed by atoms with Gasteiger partial charge in [-0.3, -0.25) is 19.1 Å². The number of rotatable bonds is 9. The predicted octanol–water partition coefficient (Wildman–Crippen LogP) is 2.20. The highest BCUT2D eigenvalue weighted by Crippen LogP contribution is 2.15. The molecule has 0 radical (unpaired) electrons. The van der Waals surface area contributed by atoms with Crippen molar-refractivity contribution in [2.24, 2.45) is 0 Å². The number of hydrogen-bond donors (Lipinski definition) is 1. The third kappa shape index (κ3) is 6.18. The standard InChI is InChI=1S/C25H30N4O4/c1-28(20-9-12-32-13-10-20)11-14-33-21-6-4-5-19(15-21)16-26-24(30)17-29-18-27-23-8-3-2-7-22(23)25(29)31/h2-8,15,18,20H,9-14,16-17H2,1H3,(H,26,30). The second-order valence-electron chi connectivity index (χ2n) is 8.29. The number of hydrogen-bond acceptors (Lipinski definition) is 6. The highest BCUT2D eigenvalue weighted by molar-refractivity contribution is 5.78. The average Bonchev–Trinajstić information content (AvgIpc) is 2.85. The molecule has 8 heteroatoms. The number of likely N-dealkylation sites (N-methyl/N-ethyl adjacent to an activating group) is 1. The van der Waals surface area contributed by atoms with Crippen molar-refractivity contribution in [3.8, 4) is 5.75 Å². The van der Waals surface area contributed by atoms with Crippen LogP contribution < -0.4 is 15.6 Å². The van der Waals surface area contributed by atoms with E-state index in [4.69, 9.17) is 9.47 Å². The van der Waals surface area contributed by atoms with Gasteiger partial charge in [0.15, 0.2) is 0 Å². The molecule has 1 saturated heterocycles. The topological polar surface area (TPSA) is 85.7 Å². The first-order chi connectivity index (χ1) is 16.1. The molecule has 3 aromatic rings. The summed E-state index contributed by atoms with van der Waals surface area (Å²) >= 11 is 0. The first-order valence-electron chi connectivity index (χ1n) is 11.3. The highest BCUT2D eigenvalue weighted by atomic mass is 16.5. The summed E-state index contributed by atoms with van der Waals surface area (Å²) in [5.41, 5.74) is 1.33. The van der Waals surface area contributed by atoms with Gasteiger partial charge in [0.25, 0.3) is 5.56 Å². The smallest absolute Gasteiger partial charge is 0.261 e. The van der Waals surface area contributed by atoms with E-state index >= 15 is 0 Å². The summed E-state index contributed by atoms with van der Waals surface area (Å²) in [6, 6.07) is 15.3. The molecule has 1 N–H and O–H groups in total. The molecule has 0 bridgehead atoms. The van der Waals surface area contributed by atoms with Crippen molar-refractivity contribution < 1.29 is 14.3 Å². The second-order valence-corrected chi connectivity index (χ2v) is 8.29. The normalized spacial score (nSPS) is 14.5. The fraction of sp³-hybridized carbons (Fsp3) is 0.400. The van der Waals surface area contributed by atoms with Crippen LogP contribution in [-0.4, -0.2) is 59.8 Å². The van der Waals surface area contributed by atoms with Crippen molar-refractivity contribution >= 4 is 16.8 Å². The monoisotopic (exact) mass is 450 g/mol. The zero-order chi connectivity index (χ0) is 23.0. The van der Waals surface area contributed by atoms with Gasteiger partial charge in [0.2, 0.25) is 5.91 Å². The number of benzene rings is 2. The number of para-hydroxylation sites is 1. The average molecular weight is 451 g/mol. The quantitative estimate of drug-likeness (QED) is 0.538. The molecule has 0 atom stereocenters. The van der Waals surface area contributed by atoms with Gasteiger partial charge in [-0.2, -0.15) is 0 Å². The zero-order valence-corrected chi connectivity index (χ0v) is 18.9. The first kappa shape index (κ1) is 22.9. The van der Waals surface area contributed by atoms with Crippen LogP contribution in [0.25, 0.3) is 10.9 Å². The van der Waals surface area contributed by atoms with Crippen molar-refractivity contribution in [3.05, 3.63) is 70.8 Å². The van der Waals surface area contributed by atoms with E-state index in [0.717, 1.165) is 43.9 Å². The van der Waals surface area contributed by atoms with Crippen molar-refractivity contribution in [3.63, 3.8) is 0 Å². The molecule has 8 nitrogen and oxygen atoms in total. The summed E-state index contributed by atoms with van der Waals surface area (Å²) in [7, 11) is 2.13. The van der Waals surface area contributed by atoms with Crippen molar-refractivity contribution in [1.29, 1.82) is 0 Å². The van der Waals surface area contributed by atoms with Crippen LogP contribution >= 0.6 is 0 Å². The minimum atomic E-state index is -0.251.